The number of amides is 2. The fourth-order valence-corrected chi connectivity index (χ4v) is 5.56. The van der Waals surface area contributed by atoms with E-state index in [-0.39, 0.29) is 30.2 Å². The number of ether oxygens (including phenoxy) is 3. The van der Waals surface area contributed by atoms with Gasteiger partial charge in [-0.05, 0) is 36.5 Å². The molecule has 42 heavy (non-hydrogen) atoms. The highest BCUT2D eigenvalue weighted by molar-refractivity contribution is 5.83. The number of imidazole rings is 1. The fraction of sp³-hybridized carbons (Fsp3) is 0.500. The normalized spacial score (nSPS) is 20.2. The minimum absolute atomic E-state index is 0.0403. The van der Waals surface area contributed by atoms with E-state index in [0.29, 0.717) is 69.9 Å². The van der Waals surface area contributed by atoms with Crippen LogP contribution in [0, 0.1) is 0 Å². The minimum Gasteiger partial charge on any atom is -0.486 e. The summed E-state index contributed by atoms with van der Waals surface area (Å²) >= 11 is 0. The molecular formula is C30H37N7O5. The van der Waals surface area contributed by atoms with Crippen LogP contribution in [0.2, 0.25) is 0 Å². The van der Waals surface area contributed by atoms with Gasteiger partial charge in [0.1, 0.15) is 31.5 Å². The molecule has 12 nitrogen and oxygen atoms in total. The Labute approximate surface area is 245 Å². The van der Waals surface area contributed by atoms with Gasteiger partial charge in [-0.2, -0.15) is 4.98 Å². The highest BCUT2D eigenvalue weighted by atomic mass is 16.6. The number of fused-ring (bicyclic) bond motifs is 1. The van der Waals surface area contributed by atoms with E-state index >= 15 is 0 Å². The first-order chi connectivity index (χ1) is 20.4. The van der Waals surface area contributed by atoms with Gasteiger partial charge < -0.3 is 29.3 Å². The maximum Gasteiger partial charge on any atom is 0.252 e. The molecule has 0 spiro atoms. The molecule has 1 N–H and O–H groups in total. The second-order valence-electron chi connectivity index (χ2n) is 11.2. The lowest BCUT2D eigenvalue weighted by Crippen LogP contribution is -2.58. The summed E-state index contributed by atoms with van der Waals surface area (Å²) < 4.78 is 18.8. The van der Waals surface area contributed by atoms with Gasteiger partial charge in [0.15, 0.2) is 11.5 Å². The second kappa shape index (κ2) is 12.4. The molecule has 6 rings (SSSR count). The quantitative estimate of drug-likeness (QED) is 0.431. The van der Waals surface area contributed by atoms with Crippen molar-refractivity contribution >= 4 is 17.6 Å². The van der Waals surface area contributed by atoms with Gasteiger partial charge in [-0.15, -0.1) is 0 Å². The van der Waals surface area contributed by atoms with Crippen molar-refractivity contribution in [1.29, 1.82) is 0 Å². The predicted octanol–water partition coefficient (Wildman–Crippen LogP) is 2.46. The van der Waals surface area contributed by atoms with Gasteiger partial charge >= 0.3 is 0 Å². The Morgan fingerprint density at radius 2 is 1.93 bits per heavy atom. The summed E-state index contributed by atoms with van der Waals surface area (Å²) in [6.07, 6.45) is 6.48. The van der Waals surface area contributed by atoms with Gasteiger partial charge in [-0.3, -0.25) is 14.2 Å². The summed E-state index contributed by atoms with van der Waals surface area (Å²) in [6, 6.07) is 7.33. The van der Waals surface area contributed by atoms with E-state index in [4.69, 9.17) is 24.2 Å². The van der Waals surface area contributed by atoms with E-state index in [0.717, 1.165) is 23.5 Å². The lowest BCUT2D eigenvalue weighted by Gasteiger charge is -2.42. The zero-order valence-electron chi connectivity index (χ0n) is 24.1. The number of nitrogens with one attached hydrogen (secondary N) is 1. The third-order valence-corrected chi connectivity index (χ3v) is 7.86. The average molecular weight is 576 g/mol. The smallest absolute Gasteiger partial charge is 0.252 e. The van der Waals surface area contributed by atoms with E-state index < -0.39 is 6.10 Å². The van der Waals surface area contributed by atoms with Crippen LogP contribution in [0.3, 0.4) is 0 Å². The average Bonchev–Trinajstić information content (AvgIpc) is 3.75. The number of aromatic nitrogens is 4. The van der Waals surface area contributed by atoms with Crippen LogP contribution in [0.4, 0.5) is 5.82 Å². The number of nitrogens with zero attached hydrogens (tertiary/aromatic N) is 6. The number of hydrogen-bond donors (Lipinski definition) is 1. The monoisotopic (exact) mass is 575 g/mol. The van der Waals surface area contributed by atoms with Crippen LogP contribution in [0.15, 0.2) is 43.0 Å². The Hall–Kier alpha value is -4.19. The molecule has 2 fully saturated rings. The van der Waals surface area contributed by atoms with E-state index in [1.165, 1.54) is 0 Å². The van der Waals surface area contributed by atoms with Crippen molar-refractivity contribution in [2.45, 2.75) is 57.7 Å². The summed E-state index contributed by atoms with van der Waals surface area (Å²) in [5.74, 6) is 2.73. The van der Waals surface area contributed by atoms with Gasteiger partial charge in [0.25, 0.3) is 5.91 Å². The molecule has 2 atom stereocenters. The third-order valence-electron chi connectivity index (χ3n) is 7.86. The molecule has 2 amide bonds. The fourth-order valence-electron chi connectivity index (χ4n) is 5.56. The number of carbonyl (C=O) groups excluding carboxylic acids is 2. The highest BCUT2D eigenvalue weighted by Gasteiger charge is 2.37. The van der Waals surface area contributed by atoms with Crippen LogP contribution < -0.4 is 19.7 Å². The second-order valence-corrected chi connectivity index (χ2v) is 11.2. The molecule has 0 radical (unpaired) electrons. The molecular weight excluding hydrogens is 538 g/mol. The zero-order chi connectivity index (χ0) is 29.1. The van der Waals surface area contributed by atoms with Gasteiger partial charge in [-0.1, -0.05) is 19.9 Å². The maximum absolute atomic E-state index is 13.5. The summed E-state index contributed by atoms with van der Waals surface area (Å²) in [5, 5.41) is 3.03. The molecule has 2 aromatic heterocycles. The summed E-state index contributed by atoms with van der Waals surface area (Å²) in [5.41, 5.74) is 1.83. The predicted molar refractivity (Wildman–Crippen MR) is 154 cm³/mol. The molecule has 0 bridgehead atoms. The van der Waals surface area contributed by atoms with E-state index in [2.05, 4.69) is 29.0 Å². The first kappa shape index (κ1) is 28.0. The molecule has 12 heteroatoms. The van der Waals surface area contributed by atoms with Crippen LogP contribution in [-0.2, 0) is 20.9 Å². The Balaban J connectivity index is 1.19. The first-order valence-electron chi connectivity index (χ1n) is 14.6. The number of carbonyl (C=O) groups is 2. The van der Waals surface area contributed by atoms with Crippen LogP contribution in [0.5, 0.6) is 11.5 Å². The molecule has 3 aromatic rings. The number of anilines is 1. The lowest BCUT2D eigenvalue weighted by atomic mass is 10.0. The number of benzene rings is 1. The standard InChI is InChI=1S/C30H37N7O5/c1-20(2)23-16-27(34-30(33-23)36-8-7-31-19-36)35-9-10-37(29(39)25-4-3-11-40-25)22(18-35)15-28(38)32-17-21-5-6-24-26(14-21)42-13-12-41-24/h5-8,14,16,19-20,22,25H,3-4,9-13,15,17-18H2,1-2H3,(H,32,38). The molecule has 222 valence electrons. The van der Waals surface area contributed by atoms with Crippen molar-refractivity contribution in [3.8, 4) is 17.4 Å². The van der Waals surface area contributed by atoms with Gasteiger partial charge in [0.05, 0.1) is 11.7 Å². The SMILES string of the molecule is CC(C)c1cc(N2CCN(C(=O)C3CCCO3)C(CC(=O)NCc3ccc4c(c3)OCCO4)C2)nc(-n2ccnc2)n1. The Morgan fingerprint density at radius 1 is 1.07 bits per heavy atom. The zero-order valence-corrected chi connectivity index (χ0v) is 24.1. The van der Waals surface area contributed by atoms with Gasteiger partial charge in [0, 0.05) is 57.7 Å². The van der Waals surface area contributed by atoms with Crippen LogP contribution >= 0.6 is 0 Å². The molecule has 0 aliphatic carbocycles. The maximum atomic E-state index is 13.5. The highest BCUT2D eigenvalue weighted by Crippen LogP contribution is 2.31. The Bertz CT molecular complexity index is 1410. The molecule has 2 unspecified atom stereocenters. The van der Waals surface area contributed by atoms with Crippen LogP contribution in [0.1, 0.15) is 50.3 Å². The van der Waals surface area contributed by atoms with Crippen LogP contribution in [0.25, 0.3) is 5.95 Å². The molecule has 3 aliphatic heterocycles. The van der Waals surface area contributed by atoms with Crippen molar-refractivity contribution < 1.29 is 23.8 Å². The minimum atomic E-state index is -0.445. The number of hydrogen-bond acceptors (Lipinski definition) is 9. The van der Waals surface area contributed by atoms with Crippen molar-refractivity contribution in [2.75, 3.05) is 44.4 Å². The molecule has 0 saturated carbocycles. The topological polar surface area (TPSA) is 124 Å². The Kier molecular flexibility index (Phi) is 8.22. The van der Waals surface area contributed by atoms with Crippen molar-refractivity contribution in [2.24, 2.45) is 0 Å². The first-order valence-corrected chi connectivity index (χ1v) is 14.6. The van der Waals surface area contributed by atoms with E-state index in [1.54, 1.807) is 17.1 Å². The molecule has 5 heterocycles. The van der Waals surface area contributed by atoms with E-state index in [9.17, 15) is 9.59 Å². The third kappa shape index (κ3) is 6.18. The van der Waals surface area contributed by atoms with Crippen molar-refractivity contribution in [3.63, 3.8) is 0 Å². The van der Waals surface area contributed by atoms with Crippen molar-refractivity contribution in [3.05, 3.63) is 54.2 Å². The van der Waals surface area contributed by atoms with Gasteiger partial charge in [0.2, 0.25) is 11.9 Å². The van der Waals surface area contributed by atoms with E-state index in [1.807, 2.05) is 35.4 Å². The molecule has 3 aliphatic rings. The summed E-state index contributed by atoms with van der Waals surface area (Å²) in [4.78, 5) is 44.5. The summed E-state index contributed by atoms with van der Waals surface area (Å²) in [7, 11) is 0. The van der Waals surface area contributed by atoms with Gasteiger partial charge in [-0.25, -0.2) is 9.97 Å². The Morgan fingerprint density at radius 3 is 2.69 bits per heavy atom. The summed E-state index contributed by atoms with van der Waals surface area (Å²) in [6.45, 7) is 7.69. The lowest BCUT2D eigenvalue weighted by molar-refractivity contribution is -0.144. The number of piperazine rings is 1. The molecule has 1 aromatic carbocycles. The van der Waals surface area contributed by atoms with Crippen molar-refractivity contribution in [1.82, 2.24) is 29.7 Å². The molecule has 2 saturated heterocycles. The largest absolute Gasteiger partial charge is 0.486 e. The number of rotatable bonds is 8. The van der Waals surface area contributed by atoms with Crippen LogP contribution in [-0.4, -0.2) is 87.8 Å².